The maximum absolute atomic E-state index is 8.85. The van der Waals surface area contributed by atoms with Gasteiger partial charge in [-0.2, -0.15) is 0 Å². The number of hydrogen-bond acceptors (Lipinski definition) is 2. The molecule has 0 aliphatic carbocycles. The van der Waals surface area contributed by atoms with Crippen LogP contribution in [0.25, 0.3) is 0 Å². The normalized spacial score (nSPS) is 9.73. The van der Waals surface area contributed by atoms with Crippen molar-refractivity contribution in [2.45, 2.75) is 6.61 Å². The Hall–Kier alpha value is 0.140. The summed E-state index contributed by atoms with van der Waals surface area (Å²) in [5.74, 6) is 0.712. The Labute approximate surface area is 81.4 Å². The summed E-state index contributed by atoms with van der Waals surface area (Å²) in [4.78, 5) is 0. The lowest BCUT2D eigenvalue weighted by atomic mass is 10.2. The molecule has 0 fully saturated rings. The van der Waals surface area contributed by atoms with E-state index in [-0.39, 0.29) is 6.61 Å². The predicted molar refractivity (Wildman–Crippen MR) is 55.4 cm³/mol. The van der Waals surface area contributed by atoms with Gasteiger partial charge in [0.2, 0.25) is 0 Å². The number of benzene rings is 1. The zero-order chi connectivity index (χ0) is 8.27. The molecule has 1 atom stereocenters. The third-order valence-corrected chi connectivity index (χ3v) is 2.25. The predicted octanol–water partition coefficient (Wildman–Crippen LogP) is 1.95. The third-order valence-electron chi connectivity index (χ3n) is 1.33. The van der Waals surface area contributed by atoms with Gasteiger partial charge in [-0.05, 0) is 34.7 Å². The summed E-state index contributed by atoms with van der Waals surface area (Å²) in [7, 11) is 2.16. The average Bonchev–Trinajstić information content (AvgIpc) is 2.04. The van der Waals surface area contributed by atoms with Gasteiger partial charge in [0.1, 0.15) is 5.75 Å². The lowest BCUT2D eigenvalue weighted by Crippen LogP contribution is -1.87. The first-order valence-electron chi connectivity index (χ1n) is 3.04. The molecule has 0 amide bonds. The first-order valence-corrected chi connectivity index (χ1v) is 4.59. The molecule has 1 N–H and O–H groups in total. The van der Waals surface area contributed by atoms with Crippen molar-refractivity contribution in [1.29, 1.82) is 0 Å². The molecule has 1 aromatic rings. The van der Waals surface area contributed by atoms with Gasteiger partial charge in [0.25, 0.3) is 0 Å². The van der Waals surface area contributed by atoms with E-state index in [2.05, 4.69) is 32.1 Å². The molecule has 0 aliphatic heterocycles. The second-order valence-corrected chi connectivity index (χ2v) is 3.51. The van der Waals surface area contributed by atoms with Crippen LogP contribution in [0.3, 0.4) is 0 Å². The zero-order valence-electron chi connectivity index (χ0n) is 5.75. The third kappa shape index (κ3) is 2.29. The number of hydrogen-bond donors (Lipinski definition) is 1. The molecular formula is C7H8IO2P. The Morgan fingerprint density at radius 2 is 2.27 bits per heavy atom. The van der Waals surface area contributed by atoms with Gasteiger partial charge in [0.05, 0.1) is 16.1 Å². The molecule has 0 heterocycles. The molecule has 1 rings (SSSR count). The summed E-state index contributed by atoms with van der Waals surface area (Å²) in [6.45, 7) is 0.0145. The van der Waals surface area contributed by atoms with Crippen LogP contribution in [0.4, 0.5) is 0 Å². The Bertz CT molecular complexity index is 252. The van der Waals surface area contributed by atoms with E-state index < -0.39 is 0 Å². The maximum atomic E-state index is 8.85. The summed E-state index contributed by atoms with van der Waals surface area (Å²) in [5, 5.41) is 8.85. The molecular weight excluding hydrogens is 274 g/mol. The molecule has 0 bridgehead atoms. The largest absolute Gasteiger partial charge is 0.480 e. The molecule has 11 heavy (non-hydrogen) atoms. The van der Waals surface area contributed by atoms with Crippen molar-refractivity contribution in [3.8, 4) is 5.75 Å². The SMILES string of the molecule is OCc1ccc(I)cc1OP. The van der Waals surface area contributed by atoms with Crippen LogP contribution in [-0.2, 0) is 6.61 Å². The molecule has 4 heteroatoms. The molecule has 0 saturated heterocycles. The van der Waals surface area contributed by atoms with Crippen LogP contribution in [0, 0.1) is 3.57 Å². The van der Waals surface area contributed by atoms with Gasteiger partial charge in [-0.25, -0.2) is 0 Å². The van der Waals surface area contributed by atoms with Crippen LogP contribution in [-0.4, -0.2) is 5.11 Å². The number of halogens is 1. The van der Waals surface area contributed by atoms with Crippen molar-refractivity contribution in [3.05, 3.63) is 27.3 Å². The molecule has 0 spiro atoms. The minimum Gasteiger partial charge on any atom is -0.480 e. The fourth-order valence-electron chi connectivity index (χ4n) is 0.769. The highest BCUT2D eigenvalue weighted by molar-refractivity contribution is 14.1. The molecule has 0 saturated carbocycles. The summed E-state index contributed by atoms with van der Waals surface area (Å²) in [5.41, 5.74) is 0.806. The standard InChI is InChI=1S/C7H8IO2P/c8-6-2-1-5(4-9)7(3-6)10-11/h1-3,9H,4,11H2. The van der Waals surface area contributed by atoms with Crippen LogP contribution in [0.5, 0.6) is 5.75 Å². The topological polar surface area (TPSA) is 29.5 Å². The molecule has 1 aromatic carbocycles. The fourth-order valence-corrected chi connectivity index (χ4v) is 1.45. The molecule has 0 aromatic heterocycles. The van der Waals surface area contributed by atoms with Gasteiger partial charge in [-0.1, -0.05) is 6.07 Å². The highest BCUT2D eigenvalue weighted by Gasteiger charge is 2.00. The van der Waals surface area contributed by atoms with Crippen LogP contribution in [0.2, 0.25) is 0 Å². The highest BCUT2D eigenvalue weighted by Crippen LogP contribution is 2.22. The second kappa shape index (κ2) is 4.24. The first kappa shape index (κ1) is 9.23. The van der Waals surface area contributed by atoms with Gasteiger partial charge in [0.15, 0.2) is 0 Å². The van der Waals surface area contributed by atoms with Crippen molar-refractivity contribution < 1.29 is 9.63 Å². The molecule has 2 nitrogen and oxygen atoms in total. The van der Waals surface area contributed by atoms with Crippen LogP contribution in [0.15, 0.2) is 18.2 Å². The molecule has 60 valence electrons. The van der Waals surface area contributed by atoms with Gasteiger partial charge in [-0.15, -0.1) is 0 Å². The smallest absolute Gasteiger partial charge is 0.129 e. The maximum Gasteiger partial charge on any atom is 0.129 e. The van der Waals surface area contributed by atoms with E-state index >= 15 is 0 Å². The van der Waals surface area contributed by atoms with Gasteiger partial charge >= 0.3 is 0 Å². The Balaban J connectivity index is 3.06. The van der Waals surface area contributed by atoms with Gasteiger partial charge < -0.3 is 9.63 Å². The number of rotatable bonds is 2. The Morgan fingerprint density at radius 1 is 1.55 bits per heavy atom. The summed E-state index contributed by atoms with van der Waals surface area (Å²) >= 11 is 2.19. The number of aliphatic hydroxyl groups is 1. The zero-order valence-corrected chi connectivity index (χ0v) is 9.06. The molecule has 0 radical (unpaired) electrons. The minimum atomic E-state index is 0.0145. The Kier molecular flexibility index (Phi) is 3.55. The lowest BCUT2D eigenvalue weighted by molar-refractivity contribution is 0.279. The van der Waals surface area contributed by atoms with Gasteiger partial charge in [0, 0.05) is 9.13 Å². The quantitative estimate of drug-likeness (QED) is 0.663. The average molecular weight is 282 g/mol. The minimum absolute atomic E-state index is 0.0145. The van der Waals surface area contributed by atoms with E-state index in [1.54, 1.807) is 0 Å². The van der Waals surface area contributed by atoms with E-state index in [1.807, 2.05) is 18.2 Å². The van der Waals surface area contributed by atoms with Crippen molar-refractivity contribution >= 4 is 32.1 Å². The van der Waals surface area contributed by atoms with E-state index in [1.165, 1.54) is 0 Å². The summed E-state index contributed by atoms with van der Waals surface area (Å²) in [6.07, 6.45) is 0. The van der Waals surface area contributed by atoms with E-state index in [0.29, 0.717) is 5.75 Å². The van der Waals surface area contributed by atoms with Crippen molar-refractivity contribution in [2.24, 2.45) is 0 Å². The first-order chi connectivity index (χ1) is 5.27. The van der Waals surface area contributed by atoms with Crippen molar-refractivity contribution in [3.63, 3.8) is 0 Å². The van der Waals surface area contributed by atoms with E-state index in [9.17, 15) is 0 Å². The second-order valence-electron chi connectivity index (χ2n) is 2.03. The monoisotopic (exact) mass is 282 g/mol. The Morgan fingerprint density at radius 3 is 2.82 bits per heavy atom. The van der Waals surface area contributed by atoms with Crippen LogP contribution < -0.4 is 4.52 Å². The fraction of sp³-hybridized carbons (Fsp3) is 0.143. The lowest BCUT2D eigenvalue weighted by Gasteiger charge is -2.04. The van der Waals surface area contributed by atoms with E-state index in [0.717, 1.165) is 9.13 Å². The van der Waals surface area contributed by atoms with Crippen LogP contribution in [0.1, 0.15) is 5.56 Å². The van der Waals surface area contributed by atoms with Crippen LogP contribution >= 0.6 is 32.1 Å². The highest BCUT2D eigenvalue weighted by atomic mass is 127. The van der Waals surface area contributed by atoms with Crippen molar-refractivity contribution in [2.75, 3.05) is 0 Å². The summed E-state index contributed by atoms with van der Waals surface area (Å²) < 4.78 is 6.06. The van der Waals surface area contributed by atoms with E-state index in [4.69, 9.17) is 9.63 Å². The molecule has 0 aliphatic rings. The number of aliphatic hydroxyl groups excluding tert-OH is 1. The summed E-state index contributed by atoms with van der Waals surface area (Å²) in [6, 6.07) is 5.65. The molecule has 1 unspecified atom stereocenters. The van der Waals surface area contributed by atoms with Gasteiger partial charge in [-0.3, -0.25) is 0 Å². The van der Waals surface area contributed by atoms with Crippen molar-refractivity contribution in [1.82, 2.24) is 0 Å².